The van der Waals surface area contributed by atoms with Crippen LogP contribution in [0.15, 0.2) is 65.3 Å². The van der Waals surface area contributed by atoms with E-state index in [1.54, 1.807) is 43.4 Å². The van der Waals surface area contributed by atoms with Crippen LogP contribution in [0.2, 0.25) is 5.02 Å². The maximum Gasteiger partial charge on any atom is 0.261 e. The summed E-state index contributed by atoms with van der Waals surface area (Å²) in [6, 6.07) is 15.0. The van der Waals surface area contributed by atoms with Crippen LogP contribution in [0.5, 0.6) is 5.75 Å². The normalized spacial score (nSPS) is 12.8. The molecule has 0 unspecified atom stereocenters. The maximum atomic E-state index is 12.8. The molecule has 2 heterocycles. The summed E-state index contributed by atoms with van der Waals surface area (Å²) in [6.45, 7) is 0.617. The molecule has 1 aliphatic heterocycles. The summed E-state index contributed by atoms with van der Waals surface area (Å²) in [6.07, 6.45) is 1.48. The van der Waals surface area contributed by atoms with Crippen LogP contribution in [0.4, 0.5) is 0 Å². The molecule has 31 heavy (non-hydrogen) atoms. The zero-order valence-corrected chi connectivity index (χ0v) is 17.5. The molecular formula is C23H19ClN2O5. The molecule has 0 N–H and O–H groups in total. The number of hydrogen-bond acceptors (Lipinski definition) is 5. The predicted molar refractivity (Wildman–Crippen MR) is 113 cm³/mol. The number of fused-ring (bicyclic) bond motifs is 1. The smallest absolute Gasteiger partial charge is 0.261 e. The quantitative estimate of drug-likeness (QED) is 0.523. The van der Waals surface area contributed by atoms with Crippen molar-refractivity contribution in [2.45, 2.75) is 6.54 Å². The SMILES string of the molecule is CN(CCOc1ccccc1Cl)C(=O)c1ccc2c(c1)C(=O)N(Cc1ccco1)C2=O. The van der Waals surface area contributed by atoms with E-state index < -0.39 is 11.8 Å². The summed E-state index contributed by atoms with van der Waals surface area (Å²) >= 11 is 6.06. The van der Waals surface area contributed by atoms with E-state index in [4.69, 9.17) is 20.8 Å². The Kier molecular flexibility index (Phi) is 5.77. The van der Waals surface area contributed by atoms with E-state index in [-0.39, 0.29) is 30.2 Å². The van der Waals surface area contributed by atoms with Gasteiger partial charge in [-0.3, -0.25) is 19.3 Å². The van der Waals surface area contributed by atoms with Gasteiger partial charge in [-0.1, -0.05) is 23.7 Å². The minimum absolute atomic E-state index is 0.0436. The molecule has 3 aromatic rings. The second-order valence-corrected chi connectivity index (χ2v) is 7.45. The van der Waals surface area contributed by atoms with Crippen LogP contribution in [-0.2, 0) is 6.54 Å². The fourth-order valence-corrected chi connectivity index (χ4v) is 3.49. The highest BCUT2D eigenvalue weighted by atomic mass is 35.5. The first-order chi connectivity index (χ1) is 15.0. The minimum Gasteiger partial charge on any atom is -0.490 e. The van der Waals surface area contributed by atoms with Gasteiger partial charge in [-0.2, -0.15) is 0 Å². The van der Waals surface area contributed by atoms with Crippen molar-refractivity contribution in [3.8, 4) is 5.75 Å². The topological polar surface area (TPSA) is 80.1 Å². The summed E-state index contributed by atoms with van der Waals surface area (Å²) in [4.78, 5) is 40.7. The number of rotatable bonds is 7. The van der Waals surface area contributed by atoms with E-state index in [2.05, 4.69) is 0 Å². The first-order valence-electron chi connectivity index (χ1n) is 9.61. The number of carbonyl (C=O) groups is 3. The number of halogens is 1. The molecule has 7 nitrogen and oxygen atoms in total. The molecule has 158 valence electrons. The fraction of sp³-hybridized carbons (Fsp3) is 0.174. The van der Waals surface area contributed by atoms with E-state index in [0.717, 1.165) is 4.90 Å². The fourth-order valence-electron chi connectivity index (χ4n) is 3.30. The van der Waals surface area contributed by atoms with Crippen LogP contribution in [0.1, 0.15) is 36.8 Å². The van der Waals surface area contributed by atoms with Crippen LogP contribution in [-0.4, -0.2) is 47.7 Å². The molecule has 0 bridgehead atoms. The van der Waals surface area contributed by atoms with E-state index in [0.29, 0.717) is 28.6 Å². The van der Waals surface area contributed by atoms with Gasteiger partial charge >= 0.3 is 0 Å². The number of likely N-dealkylation sites (N-methyl/N-ethyl adjacent to an activating group) is 1. The Labute approximate surface area is 183 Å². The van der Waals surface area contributed by atoms with Gasteiger partial charge in [0.1, 0.15) is 18.1 Å². The molecule has 3 amide bonds. The number of benzene rings is 2. The van der Waals surface area contributed by atoms with Crippen molar-refractivity contribution >= 4 is 29.3 Å². The molecule has 1 aliphatic rings. The van der Waals surface area contributed by atoms with Crippen molar-refractivity contribution in [2.75, 3.05) is 20.2 Å². The van der Waals surface area contributed by atoms with Gasteiger partial charge in [0.15, 0.2) is 0 Å². The molecule has 4 rings (SSSR count). The summed E-state index contributed by atoms with van der Waals surface area (Å²) < 4.78 is 10.9. The molecule has 8 heteroatoms. The van der Waals surface area contributed by atoms with Gasteiger partial charge in [-0.05, 0) is 42.5 Å². The molecule has 0 saturated heterocycles. The lowest BCUT2D eigenvalue weighted by Crippen LogP contribution is -2.31. The number of furan rings is 1. The van der Waals surface area contributed by atoms with Crippen molar-refractivity contribution < 1.29 is 23.5 Å². The van der Waals surface area contributed by atoms with E-state index >= 15 is 0 Å². The minimum atomic E-state index is -0.448. The summed E-state index contributed by atoms with van der Waals surface area (Å²) in [5.74, 6) is -0.0877. The van der Waals surface area contributed by atoms with Gasteiger partial charge < -0.3 is 14.1 Å². The standard InChI is InChI=1S/C23H19ClN2O5/c1-25(10-12-31-20-7-3-2-6-19(20)24)21(27)15-8-9-17-18(13-15)23(29)26(22(17)28)14-16-5-4-11-30-16/h2-9,11,13H,10,12,14H2,1H3. The number of amides is 3. The third-order valence-corrected chi connectivity index (χ3v) is 5.29. The summed E-state index contributed by atoms with van der Waals surface area (Å²) in [5.41, 5.74) is 0.806. The largest absolute Gasteiger partial charge is 0.490 e. The second-order valence-electron chi connectivity index (χ2n) is 7.04. The molecule has 0 saturated carbocycles. The third-order valence-electron chi connectivity index (χ3n) is 4.98. The lowest BCUT2D eigenvalue weighted by atomic mass is 10.1. The number of hydrogen-bond donors (Lipinski definition) is 0. The molecule has 0 fully saturated rings. The van der Waals surface area contributed by atoms with Gasteiger partial charge in [0.2, 0.25) is 0 Å². The number of imide groups is 1. The zero-order chi connectivity index (χ0) is 22.0. The van der Waals surface area contributed by atoms with Crippen molar-refractivity contribution in [1.29, 1.82) is 0 Å². The average Bonchev–Trinajstić information content (AvgIpc) is 3.37. The number of ether oxygens (including phenoxy) is 1. The molecular weight excluding hydrogens is 420 g/mol. The molecule has 1 aromatic heterocycles. The highest BCUT2D eigenvalue weighted by Gasteiger charge is 2.36. The van der Waals surface area contributed by atoms with Gasteiger partial charge in [-0.25, -0.2) is 0 Å². The van der Waals surface area contributed by atoms with Crippen molar-refractivity contribution in [1.82, 2.24) is 9.80 Å². The molecule has 0 radical (unpaired) electrons. The van der Waals surface area contributed by atoms with Crippen molar-refractivity contribution in [3.63, 3.8) is 0 Å². The number of carbonyl (C=O) groups excluding carboxylic acids is 3. The number of para-hydroxylation sites is 1. The van der Waals surface area contributed by atoms with Gasteiger partial charge in [0, 0.05) is 12.6 Å². The van der Waals surface area contributed by atoms with E-state index in [1.165, 1.54) is 23.3 Å². The van der Waals surface area contributed by atoms with Crippen LogP contribution in [0, 0.1) is 0 Å². The Bertz CT molecular complexity index is 1140. The molecule has 0 atom stereocenters. The lowest BCUT2D eigenvalue weighted by molar-refractivity contribution is 0.0631. The first-order valence-corrected chi connectivity index (χ1v) is 9.99. The van der Waals surface area contributed by atoms with Gasteiger partial charge in [0.05, 0.1) is 35.5 Å². The summed E-state index contributed by atoms with van der Waals surface area (Å²) in [5, 5.41) is 0.498. The van der Waals surface area contributed by atoms with Crippen molar-refractivity contribution in [3.05, 3.63) is 88.3 Å². The zero-order valence-electron chi connectivity index (χ0n) is 16.7. The second kappa shape index (κ2) is 8.65. The van der Waals surface area contributed by atoms with E-state index in [9.17, 15) is 14.4 Å². The van der Waals surface area contributed by atoms with Gasteiger partial charge in [0.25, 0.3) is 17.7 Å². The van der Waals surface area contributed by atoms with Crippen molar-refractivity contribution in [2.24, 2.45) is 0 Å². The Morgan fingerprint density at radius 2 is 1.84 bits per heavy atom. The van der Waals surface area contributed by atoms with Crippen LogP contribution < -0.4 is 4.74 Å². The Balaban J connectivity index is 1.42. The highest BCUT2D eigenvalue weighted by molar-refractivity contribution is 6.32. The highest BCUT2D eigenvalue weighted by Crippen LogP contribution is 2.26. The Morgan fingerprint density at radius 1 is 1.06 bits per heavy atom. The Hall–Kier alpha value is -3.58. The molecule has 2 aromatic carbocycles. The number of nitrogens with zero attached hydrogens (tertiary/aromatic N) is 2. The van der Waals surface area contributed by atoms with Crippen LogP contribution >= 0.6 is 11.6 Å². The predicted octanol–water partition coefficient (Wildman–Crippen LogP) is 3.88. The molecule has 0 aliphatic carbocycles. The van der Waals surface area contributed by atoms with E-state index in [1.807, 2.05) is 6.07 Å². The third kappa shape index (κ3) is 4.18. The molecule has 0 spiro atoms. The van der Waals surface area contributed by atoms with Gasteiger partial charge in [-0.15, -0.1) is 0 Å². The van der Waals surface area contributed by atoms with Crippen LogP contribution in [0.3, 0.4) is 0 Å². The monoisotopic (exact) mass is 438 g/mol. The maximum absolute atomic E-state index is 12.8. The first kappa shape index (κ1) is 20.7. The Morgan fingerprint density at radius 3 is 2.58 bits per heavy atom. The van der Waals surface area contributed by atoms with Crippen LogP contribution in [0.25, 0.3) is 0 Å². The lowest BCUT2D eigenvalue weighted by Gasteiger charge is -2.18. The summed E-state index contributed by atoms with van der Waals surface area (Å²) in [7, 11) is 1.64. The average molecular weight is 439 g/mol.